The van der Waals surface area contributed by atoms with Crippen molar-refractivity contribution in [2.24, 2.45) is 0 Å². The molecule has 0 fully saturated rings. The van der Waals surface area contributed by atoms with Gasteiger partial charge < -0.3 is 0 Å². The van der Waals surface area contributed by atoms with E-state index in [-0.39, 0.29) is 0 Å². The molecule has 9 rings (SSSR count). The molecule has 0 saturated carbocycles. The van der Waals surface area contributed by atoms with Crippen molar-refractivity contribution in [2.45, 2.75) is 39.5 Å². The van der Waals surface area contributed by atoms with E-state index in [1.807, 2.05) is 0 Å². The topological polar surface area (TPSA) is 0 Å². The molecule has 0 aliphatic rings. The standard InChI is InChI=1S/C52H42/c1-33(2)35-13-17-39(18-14-35)43-25-27-47-49(31-43)51(45-23-21-37-9-5-7-11-41(37)29-45)48-28-26-44(40-19-15-36(16-20-40)34(3)4)32-50(48)52(47)46-24-22-38-10-6-8-12-42(38)30-46/h5-34H,1-4H3. The van der Waals surface area contributed by atoms with Gasteiger partial charge in [0.25, 0.3) is 0 Å². The number of hydrogen-bond donors (Lipinski definition) is 0. The molecule has 250 valence electrons. The SMILES string of the molecule is CC(C)c1ccc(-c2ccc3c(-c4ccc5ccccc5c4)c4cc(-c5ccc(C(C)C)cc5)ccc4c(-c4ccc5ccccc5c4)c3c2)cc1. The Balaban J connectivity index is 1.38. The third-order valence-electron chi connectivity index (χ3n) is 11.0. The summed E-state index contributed by atoms with van der Waals surface area (Å²) in [6.07, 6.45) is 0. The zero-order chi connectivity index (χ0) is 35.3. The Morgan fingerprint density at radius 2 is 0.615 bits per heavy atom. The summed E-state index contributed by atoms with van der Waals surface area (Å²) < 4.78 is 0. The third-order valence-corrected chi connectivity index (χ3v) is 11.0. The van der Waals surface area contributed by atoms with E-state index in [1.54, 1.807) is 0 Å². The first-order valence-electron chi connectivity index (χ1n) is 18.6. The second kappa shape index (κ2) is 13.0. The first-order chi connectivity index (χ1) is 25.4. The summed E-state index contributed by atoms with van der Waals surface area (Å²) in [6.45, 7) is 9.03. The first kappa shape index (κ1) is 32.0. The van der Waals surface area contributed by atoms with Crippen LogP contribution in [0.2, 0.25) is 0 Å². The Labute approximate surface area is 307 Å². The second-order valence-electron chi connectivity index (χ2n) is 14.9. The number of fused-ring (bicyclic) bond motifs is 4. The van der Waals surface area contributed by atoms with Gasteiger partial charge in [0.15, 0.2) is 0 Å². The fourth-order valence-corrected chi connectivity index (χ4v) is 8.02. The molecular weight excluding hydrogens is 625 g/mol. The van der Waals surface area contributed by atoms with E-state index in [0.29, 0.717) is 11.8 Å². The highest BCUT2D eigenvalue weighted by Crippen LogP contribution is 2.47. The zero-order valence-electron chi connectivity index (χ0n) is 30.3. The Morgan fingerprint density at radius 1 is 0.269 bits per heavy atom. The Hall–Kier alpha value is -5.98. The lowest BCUT2D eigenvalue weighted by Gasteiger charge is -2.20. The summed E-state index contributed by atoms with van der Waals surface area (Å²) in [6, 6.07) is 63.9. The van der Waals surface area contributed by atoms with E-state index in [9.17, 15) is 0 Å². The van der Waals surface area contributed by atoms with Crippen molar-refractivity contribution >= 4 is 43.1 Å². The lowest BCUT2D eigenvalue weighted by Crippen LogP contribution is -1.93. The van der Waals surface area contributed by atoms with E-state index in [4.69, 9.17) is 0 Å². The van der Waals surface area contributed by atoms with Gasteiger partial charge in [0.1, 0.15) is 0 Å². The fourth-order valence-electron chi connectivity index (χ4n) is 8.02. The molecule has 9 aromatic carbocycles. The van der Waals surface area contributed by atoms with Crippen molar-refractivity contribution < 1.29 is 0 Å². The molecular formula is C52H42. The third kappa shape index (κ3) is 5.66. The van der Waals surface area contributed by atoms with Gasteiger partial charge in [-0.05, 0) is 135 Å². The molecule has 0 radical (unpaired) electrons. The molecule has 0 aliphatic carbocycles. The van der Waals surface area contributed by atoms with E-state index >= 15 is 0 Å². The van der Waals surface area contributed by atoms with Gasteiger partial charge in [-0.25, -0.2) is 0 Å². The second-order valence-corrected chi connectivity index (χ2v) is 14.9. The molecule has 0 spiro atoms. The predicted octanol–water partition coefficient (Wildman–Crippen LogP) is 15.2. The van der Waals surface area contributed by atoms with Crippen LogP contribution >= 0.6 is 0 Å². The minimum absolute atomic E-state index is 0.499. The van der Waals surface area contributed by atoms with Crippen LogP contribution in [0.5, 0.6) is 0 Å². The average Bonchev–Trinajstić information content (AvgIpc) is 3.19. The Bertz CT molecular complexity index is 2570. The maximum Gasteiger partial charge on any atom is -0.00259 e. The predicted molar refractivity (Wildman–Crippen MR) is 226 cm³/mol. The molecule has 0 aromatic heterocycles. The van der Waals surface area contributed by atoms with Gasteiger partial charge in [-0.2, -0.15) is 0 Å². The van der Waals surface area contributed by atoms with Crippen LogP contribution < -0.4 is 0 Å². The maximum atomic E-state index is 2.44. The average molecular weight is 667 g/mol. The fraction of sp³-hybridized carbons (Fsp3) is 0.115. The van der Waals surface area contributed by atoms with Crippen LogP contribution in [0.3, 0.4) is 0 Å². The minimum atomic E-state index is 0.499. The van der Waals surface area contributed by atoms with Gasteiger partial charge in [-0.15, -0.1) is 0 Å². The molecule has 0 heteroatoms. The van der Waals surface area contributed by atoms with Gasteiger partial charge in [0.05, 0.1) is 0 Å². The molecule has 0 amide bonds. The van der Waals surface area contributed by atoms with Gasteiger partial charge in [-0.1, -0.05) is 173 Å². The number of hydrogen-bond acceptors (Lipinski definition) is 0. The zero-order valence-corrected chi connectivity index (χ0v) is 30.3. The summed E-state index contributed by atoms with van der Waals surface area (Å²) in [5, 5.41) is 10.1. The largest absolute Gasteiger partial charge is 0.0616 e. The van der Waals surface area contributed by atoms with Crippen LogP contribution in [0.15, 0.2) is 170 Å². The summed E-state index contributed by atoms with van der Waals surface area (Å²) >= 11 is 0. The van der Waals surface area contributed by atoms with Crippen molar-refractivity contribution in [2.75, 3.05) is 0 Å². The molecule has 0 unspecified atom stereocenters. The summed E-state index contributed by atoms with van der Waals surface area (Å²) in [5.41, 5.74) is 12.7. The van der Waals surface area contributed by atoms with Crippen LogP contribution in [-0.2, 0) is 0 Å². The number of benzene rings is 9. The van der Waals surface area contributed by atoms with Gasteiger partial charge in [0, 0.05) is 0 Å². The highest BCUT2D eigenvalue weighted by atomic mass is 14.2. The molecule has 0 heterocycles. The van der Waals surface area contributed by atoms with Crippen LogP contribution in [0, 0.1) is 0 Å². The molecule has 0 saturated heterocycles. The first-order valence-corrected chi connectivity index (χ1v) is 18.6. The molecule has 0 nitrogen and oxygen atoms in total. The van der Waals surface area contributed by atoms with Crippen molar-refractivity contribution in [1.29, 1.82) is 0 Å². The van der Waals surface area contributed by atoms with Crippen LogP contribution in [0.25, 0.3) is 87.6 Å². The van der Waals surface area contributed by atoms with E-state index < -0.39 is 0 Å². The Kier molecular flexibility index (Phi) is 7.97. The monoisotopic (exact) mass is 666 g/mol. The van der Waals surface area contributed by atoms with Crippen molar-refractivity contribution in [3.8, 4) is 44.5 Å². The lowest BCUT2D eigenvalue weighted by atomic mass is 9.83. The maximum absolute atomic E-state index is 2.44. The van der Waals surface area contributed by atoms with E-state index in [0.717, 1.165) is 0 Å². The van der Waals surface area contributed by atoms with Crippen LogP contribution in [0.1, 0.15) is 50.7 Å². The smallest absolute Gasteiger partial charge is 0.00259 e. The van der Waals surface area contributed by atoms with Crippen molar-refractivity contribution in [1.82, 2.24) is 0 Å². The van der Waals surface area contributed by atoms with Gasteiger partial charge in [-0.3, -0.25) is 0 Å². The van der Waals surface area contributed by atoms with Crippen LogP contribution in [0.4, 0.5) is 0 Å². The summed E-state index contributed by atoms with van der Waals surface area (Å²) in [7, 11) is 0. The van der Waals surface area contributed by atoms with Gasteiger partial charge >= 0.3 is 0 Å². The minimum Gasteiger partial charge on any atom is -0.0616 e. The quantitative estimate of drug-likeness (QED) is 0.155. The van der Waals surface area contributed by atoms with Crippen LogP contribution in [-0.4, -0.2) is 0 Å². The molecule has 0 N–H and O–H groups in total. The molecule has 0 aliphatic heterocycles. The summed E-state index contributed by atoms with van der Waals surface area (Å²) in [4.78, 5) is 0. The normalized spacial score (nSPS) is 11.8. The van der Waals surface area contributed by atoms with Gasteiger partial charge in [0.2, 0.25) is 0 Å². The Morgan fingerprint density at radius 3 is 1.00 bits per heavy atom. The van der Waals surface area contributed by atoms with Crippen molar-refractivity contribution in [3.63, 3.8) is 0 Å². The molecule has 9 aromatic rings. The molecule has 52 heavy (non-hydrogen) atoms. The highest BCUT2D eigenvalue weighted by molar-refractivity contribution is 6.23. The summed E-state index contributed by atoms with van der Waals surface area (Å²) in [5.74, 6) is 0.998. The van der Waals surface area contributed by atoms with E-state index in [1.165, 1.54) is 98.7 Å². The highest BCUT2D eigenvalue weighted by Gasteiger charge is 2.19. The lowest BCUT2D eigenvalue weighted by molar-refractivity contribution is 0.867. The molecule has 0 bridgehead atoms. The molecule has 0 atom stereocenters. The van der Waals surface area contributed by atoms with E-state index in [2.05, 4.69) is 198 Å². The number of rotatable bonds is 6. The van der Waals surface area contributed by atoms with Crippen molar-refractivity contribution in [3.05, 3.63) is 181 Å².